The van der Waals surface area contributed by atoms with Crippen LogP contribution >= 0.6 is 11.3 Å². The van der Waals surface area contributed by atoms with Crippen molar-refractivity contribution in [3.8, 4) is 0 Å². The maximum Gasteiger partial charge on any atom is 0.0498 e. The Morgan fingerprint density at radius 3 is 3.31 bits per heavy atom. The monoisotopic (exact) mass is 236 g/mol. The van der Waals surface area contributed by atoms with Crippen LogP contribution in [0.15, 0.2) is 11.4 Å². The predicted molar refractivity (Wildman–Crippen MR) is 69.0 cm³/mol. The van der Waals surface area contributed by atoms with E-state index in [1.807, 2.05) is 11.3 Å². The molecule has 2 N–H and O–H groups in total. The van der Waals surface area contributed by atoms with Crippen LogP contribution in [-0.4, -0.2) is 19.6 Å². The van der Waals surface area contributed by atoms with Gasteiger partial charge >= 0.3 is 0 Å². The van der Waals surface area contributed by atoms with Crippen molar-refractivity contribution >= 4 is 11.3 Å². The largest absolute Gasteiger partial charge is 0.316 e. The zero-order valence-electron chi connectivity index (χ0n) is 9.88. The molecule has 1 fully saturated rings. The normalized spacial score (nSPS) is 33.9. The van der Waals surface area contributed by atoms with Crippen LogP contribution in [0.2, 0.25) is 0 Å². The van der Waals surface area contributed by atoms with Crippen LogP contribution < -0.4 is 10.6 Å². The molecule has 2 atom stereocenters. The summed E-state index contributed by atoms with van der Waals surface area (Å²) in [5.74, 6) is 0.745. The van der Waals surface area contributed by atoms with E-state index >= 15 is 0 Å². The van der Waals surface area contributed by atoms with Gasteiger partial charge in [0.1, 0.15) is 0 Å². The summed E-state index contributed by atoms with van der Waals surface area (Å²) in [4.78, 5) is 1.62. The third-order valence-corrected chi connectivity index (χ3v) is 5.28. The lowest BCUT2D eigenvalue weighted by Crippen LogP contribution is -2.58. The fourth-order valence-electron chi connectivity index (χ4n) is 3.45. The third-order valence-electron chi connectivity index (χ3n) is 4.30. The topological polar surface area (TPSA) is 24.1 Å². The molecular formula is C13H20N2S. The quantitative estimate of drug-likeness (QED) is 0.780. The van der Waals surface area contributed by atoms with Crippen molar-refractivity contribution in [3.63, 3.8) is 0 Å². The SMILES string of the molecule is CCC1CNCCC12NCCc1sccc12. The van der Waals surface area contributed by atoms with E-state index in [-0.39, 0.29) is 5.54 Å². The molecule has 0 aliphatic carbocycles. The number of rotatable bonds is 1. The first-order valence-corrected chi connectivity index (χ1v) is 7.27. The molecule has 88 valence electrons. The van der Waals surface area contributed by atoms with Crippen molar-refractivity contribution in [2.75, 3.05) is 19.6 Å². The summed E-state index contributed by atoms with van der Waals surface area (Å²) in [5.41, 5.74) is 1.89. The van der Waals surface area contributed by atoms with E-state index < -0.39 is 0 Å². The number of hydrogen-bond donors (Lipinski definition) is 2. The summed E-state index contributed by atoms with van der Waals surface area (Å²) in [6.07, 6.45) is 3.73. The Kier molecular flexibility index (Phi) is 2.78. The van der Waals surface area contributed by atoms with Crippen LogP contribution in [0.3, 0.4) is 0 Å². The van der Waals surface area contributed by atoms with Gasteiger partial charge in [0.25, 0.3) is 0 Å². The molecule has 1 aromatic heterocycles. The first-order valence-electron chi connectivity index (χ1n) is 6.39. The summed E-state index contributed by atoms with van der Waals surface area (Å²) in [5, 5.41) is 9.66. The van der Waals surface area contributed by atoms with E-state index in [0.29, 0.717) is 0 Å². The molecular weight excluding hydrogens is 216 g/mol. The standard InChI is InChI=1S/C13H20N2S/c1-2-10-9-14-7-5-13(10)11-4-8-16-12(11)3-6-15-13/h4,8,10,14-15H,2-3,5-7,9H2,1H3. The average Bonchev–Trinajstić information content (AvgIpc) is 2.80. The van der Waals surface area contributed by atoms with Gasteiger partial charge in [-0.25, -0.2) is 0 Å². The number of nitrogens with one attached hydrogen (secondary N) is 2. The molecule has 3 rings (SSSR count). The maximum atomic E-state index is 3.84. The van der Waals surface area contributed by atoms with Crippen molar-refractivity contribution in [2.45, 2.75) is 31.7 Å². The van der Waals surface area contributed by atoms with E-state index in [0.717, 1.165) is 19.0 Å². The lowest BCUT2D eigenvalue weighted by atomic mass is 9.71. The van der Waals surface area contributed by atoms with Crippen LogP contribution in [0.5, 0.6) is 0 Å². The smallest absolute Gasteiger partial charge is 0.0498 e. The highest BCUT2D eigenvalue weighted by Crippen LogP contribution is 2.42. The Morgan fingerprint density at radius 1 is 1.50 bits per heavy atom. The van der Waals surface area contributed by atoms with Gasteiger partial charge < -0.3 is 10.6 Å². The number of piperidine rings is 1. The van der Waals surface area contributed by atoms with Crippen molar-refractivity contribution < 1.29 is 0 Å². The van der Waals surface area contributed by atoms with Gasteiger partial charge in [-0.3, -0.25) is 0 Å². The molecule has 2 aliphatic heterocycles. The Balaban J connectivity index is 2.04. The zero-order valence-corrected chi connectivity index (χ0v) is 10.7. The molecule has 1 aromatic rings. The van der Waals surface area contributed by atoms with E-state index in [4.69, 9.17) is 0 Å². The molecule has 2 unspecified atom stereocenters. The van der Waals surface area contributed by atoms with Gasteiger partial charge in [0.05, 0.1) is 0 Å². The van der Waals surface area contributed by atoms with Gasteiger partial charge in [-0.05, 0) is 48.7 Å². The minimum atomic E-state index is 0.285. The highest BCUT2D eigenvalue weighted by Gasteiger charge is 2.44. The van der Waals surface area contributed by atoms with E-state index in [2.05, 4.69) is 29.0 Å². The summed E-state index contributed by atoms with van der Waals surface area (Å²) in [7, 11) is 0. The summed E-state index contributed by atoms with van der Waals surface area (Å²) >= 11 is 1.95. The fourth-order valence-corrected chi connectivity index (χ4v) is 4.41. The zero-order chi connectivity index (χ0) is 11.0. The van der Waals surface area contributed by atoms with Gasteiger partial charge in [0, 0.05) is 23.5 Å². The van der Waals surface area contributed by atoms with E-state index in [9.17, 15) is 0 Å². The second-order valence-electron chi connectivity index (χ2n) is 4.96. The minimum Gasteiger partial charge on any atom is -0.316 e. The summed E-state index contributed by atoms with van der Waals surface area (Å²) < 4.78 is 0. The Hall–Kier alpha value is -0.380. The predicted octanol–water partition coefficient (Wildman–Crippen LogP) is 2.11. The van der Waals surface area contributed by atoms with Crippen molar-refractivity contribution in [3.05, 3.63) is 21.9 Å². The number of fused-ring (bicyclic) bond motifs is 2. The highest BCUT2D eigenvalue weighted by molar-refractivity contribution is 7.10. The second kappa shape index (κ2) is 4.13. The lowest BCUT2D eigenvalue weighted by Gasteiger charge is -2.47. The van der Waals surface area contributed by atoms with Crippen LogP contribution in [0.4, 0.5) is 0 Å². The Bertz CT molecular complexity index is 374. The summed E-state index contributed by atoms with van der Waals surface area (Å²) in [6, 6.07) is 2.36. The second-order valence-corrected chi connectivity index (χ2v) is 5.97. The molecule has 1 spiro atoms. The van der Waals surface area contributed by atoms with Crippen molar-refractivity contribution in [1.82, 2.24) is 10.6 Å². The molecule has 0 bridgehead atoms. The van der Waals surface area contributed by atoms with Crippen LogP contribution in [0.1, 0.15) is 30.2 Å². The molecule has 2 nitrogen and oxygen atoms in total. The summed E-state index contributed by atoms with van der Waals surface area (Å²) in [6.45, 7) is 5.79. The fraction of sp³-hybridized carbons (Fsp3) is 0.692. The van der Waals surface area contributed by atoms with E-state index in [1.165, 1.54) is 25.8 Å². The molecule has 3 heterocycles. The average molecular weight is 236 g/mol. The van der Waals surface area contributed by atoms with Crippen molar-refractivity contribution in [2.24, 2.45) is 5.92 Å². The van der Waals surface area contributed by atoms with Crippen LogP contribution in [0.25, 0.3) is 0 Å². The first kappa shape index (κ1) is 10.8. The third kappa shape index (κ3) is 1.45. The molecule has 0 amide bonds. The molecule has 0 saturated carbocycles. The van der Waals surface area contributed by atoms with Gasteiger partial charge in [0.2, 0.25) is 0 Å². The first-order chi connectivity index (χ1) is 7.87. The van der Waals surface area contributed by atoms with Gasteiger partial charge in [-0.15, -0.1) is 11.3 Å². The molecule has 3 heteroatoms. The van der Waals surface area contributed by atoms with Gasteiger partial charge in [-0.2, -0.15) is 0 Å². The Labute approximate surface area is 101 Å². The molecule has 16 heavy (non-hydrogen) atoms. The van der Waals surface area contributed by atoms with E-state index in [1.54, 1.807) is 10.4 Å². The lowest BCUT2D eigenvalue weighted by molar-refractivity contribution is 0.142. The van der Waals surface area contributed by atoms with Crippen LogP contribution in [0, 0.1) is 5.92 Å². The van der Waals surface area contributed by atoms with Gasteiger partial charge in [0.15, 0.2) is 0 Å². The minimum absolute atomic E-state index is 0.285. The van der Waals surface area contributed by atoms with Gasteiger partial charge in [-0.1, -0.05) is 6.92 Å². The molecule has 0 aromatic carbocycles. The van der Waals surface area contributed by atoms with Crippen molar-refractivity contribution in [1.29, 1.82) is 0 Å². The molecule has 1 saturated heterocycles. The number of hydrogen-bond acceptors (Lipinski definition) is 3. The highest BCUT2D eigenvalue weighted by atomic mass is 32.1. The Morgan fingerprint density at radius 2 is 2.44 bits per heavy atom. The molecule has 2 aliphatic rings. The molecule has 0 radical (unpaired) electrons. The van der Waals surface area contributed by atoms with Crippen LogP contribution in [-0.2, 0) is 12.0 Å². The number of thiophene rings is 1. The maximum absolute atomic E-state index is 3.84.